The monoisotopic (exact) mass is 514 g/mol. The van der Waals surface area contributed by atoms with Crippen LogP contribution in [0.2, 0.25) is 5.02 Å². The average molecular weight is 515 g/mol. The van der Waals surface area contributed by atoms with Crippen molar-refractivity contribution in [3.8, 4) is 11.5 Å². The molecule has 192 valence electrons. The van der Waals surface area contributed by atoms with Crippen LogP contribution in [-0.2, 0) is 13.0 Å². The van der Waals surface area contributed by atoms with E-state index in [1.807, 2.05) is 24.3 Å². The van der Waals surface area contributed by atoms with Crippen molar-refractivity contribution in [2.24, 2.45) is 0 Å². The molecule has 0 saturated heterocycles. The van der Waals surface area contributed by atoms with Crippen molar-refractivity contribution >= 4 is 23.4 Å². The van der Waals surface area contributed by atoms with Crippen LogP contribution in [0.3, 0.4) is 0 Å². The highest BCUT2D eigenvalue weighted by atomic mass is 35.5. The molecule has 1 aromatic heterocycles. The van der Waals surface area contributed by atoms with E-state index in [4.69, 9.17) is 21.1 Å². The molecule has 3 rings (SSSR count). The highest BCUT2D eigenvalue weighted by molar-refractivity contribution is 6.33. The third kappa shape index (κ3) is 7.83. The second-order valence-corrected chi connectivity index (χ2v) is 8.74. The van der Waals surface area contributed by atoms with E-state index in [0.717, 1.165) is 43.0 Å². The summed E-state index contributed by atoms with van der Waals surface area (Å²) in [5, 5.41) is 7.57. The molecule has 36 heavy (non-hydrogen) atoms. The summed E-state index contributed by atoms with van der Waals surface area (Å²) in [5.41, 5.74) is 2.07. The summed E-state index contributed by atoms with van der Waals surface area (Å²) in [6.45, 7) is 2.63. The minimum atomic E-state index is -0.289. The first-order valence-electron chi connectivity index (χ1n) is 11.7. The Balaban J connectivity index is 1.46. The fraction of sp³-hybridized carbons (Fsp3) is 0.333. The predicted octanol–water partition coefficient (Wildman–Crippen LogP) is 4.74. The van der Waals surface area contributed by atoms with Crippen LogP contribution in [-0.4, -0.2) is 55.6 Å². The molecule has 0 unspecified atom stereocenters. The van der Waals surface area contributed by atoms with Gasteiger partial charge in [-0.15, -0.1) is 0 Å². The zero-order chi connectivity index (χ0) is 25.9. The van der Waals surface area contributed by atoms with Gasteiger partial charge < -0.3 is 19.7 Å². The molecule has 9 heteroatoms. The Kier molecular flexibility index (Phi) is 10.3. The Hall–Kier alpha value is -3.36. The lowest BCUT2D eigenvalue weighted by Gasteiger charge is -2.17. The molecule has 0 bridgehead atoms. The normalized spacial score (nSPS) is 11.3. The second kappa shape index (κ2) is 13.7. The molecule has 0 radical (unpaired) electrons. The first-order chi connectivity index (χ1) is 17.4. The lowest BCUT2D eigenvalue weighted by molar-refractivity contribution is 0.335. The van der Waals surface area contributed by atoms with Gasteiger partial charge in [0, 0.05) is 13.1 Å². The molecule has 2 aromatic carbocycles. The van der Waals surface area contributed by atoms with Gasteiger partial charge in [-0.05, 0) is 61.8 Å². The molecule has 0 spiro atoms. The lowest BCUT2D eigenvalue weighted by Crippen LogP contribution is -2.27. The van der Waals surface area contributed by atoms with E-state index in [1.165, 1.54) is 28.6 Å². The fourth-order valence-corrected chi connectivity index (χ4v) is 3.84. The number of halogens is 2. The molecule has 0 amide bonds. The third-order valence-electron chi connectivity index (χ3n) is 5.70. The number of aromatic nitrogens is 2. The number of allylic oxidation sites excluding steroid dienone is 1. The van der Waals surface area contributed by atoms with Gasteiger partial charge in [0.2, 0.25) is 0 Å². The summed E-state index contributed by atoms with van der Waals surface area (Å²) in [6.07, 6.45) is 6.80. The number of nitrogens with one attached hydrogen (secondary N) is 1. The second-order valence-electron chi connectivity index (χ2n) is 8.33. The van der Waals surface area contributed by atoms with Crippen LogP contribution in [0.25, 0.3) is 6.08 Å². The van der Waals surface area contributed by atoms with Gasteiger partial charge in [-0.1, -0.05) is 42.0 Å². The highest BCUT2D eigenvalue weighted by Gasteiger charge is 2.10. The van der Waals surface area contributed by atoms with Crippen LogP contribution in [0, 0.1) is 5.82 Å². The SMILES string of the molecule is COc1ccc(CCN(C)CCCNc2c(Cl)cnn(CC=Cc3ccc(F)cc3)c2=O)cc1OC. The predicted molar refractivity (Wildman–Crippen MR) is 143 cm³/mol. The van der Waals surface area contributed by atoms with E-state index in [-0.39, 0.29) is 17.9 Å². The number of benzene rings is 2. The van der Waals surface area contributed by atoms with E-state index >= 15 is 0 Å². The van der Waals surface area contributed by atoms with Gasteiger partial charge in [-0.3, -0.25) is 4.79 Å². The number of anilines is 1. The van der Waals surface area contributed by atoms with Gasteiger partial charge in [0.1, 0.15) is 11.5 Å². The van der Waals surface area contributed by atoms with E-state index in [9.17, 15) is 9.18 Å². The Bertz CT molecular complexity index is 1210. The summed E-state index contributed by atoms with van der Waals surface area (Å²) in [6, 6.07) is 12.1. The Morgan fingerprint density at radius 1 is 1.11 bits per heavy atom. The maximum Gasteiger partial charge on any atom is 0.291 e. The molecule has 0 saturated carbocycles. The topological polar surface area (TPSA) is 68.6 Å². The summed E-state index contributed by atoms with van der Waals surface area (Å²) in [7, 11) is 5.33. The first kappa shape index (κ1) is 27.2. The van der Waals surface area contributed by atoms with Crippen molar-refractivity contribution in [2.75, 3.05) is 46.2 Å². The maximum atomic E-state index is 13.0. The van der Waals surface area contributed by atoms with E-state index in [1.54, 1.807) is 32.4 Å². The van der Waals surface area contributed by atoms with E-state index in [2.05, 4.69) is 22.4 Å². The van der Waals surface area contributed by atoms with E-state index < -0.39 is 0 Å². The number of hydrogen-bond acceptors (Lipinski definition) is 6. The highest BCUT2D eigenvalue weighted by Crippen LogP contribution is 2.27. The maximum absolute atomic E-state index is 13.0. The van der Waals surface area contributed by atoms with Crippen molar-refractivity contribution in [2.45, 2.75) is 19.4 Å². The zero-order valence-electron chi connectivity index (χ0n) is 20.8. The number of rotatable bonds is 13. The van der Waals surface area contributed by atoms with Crippen molar-refractivity contribution in [3.05, 3.63) is 87.1 Å². The summed E-state index contributed by atoms with van der Waals surface area (Å²) in [5.74, 6) is 1.16. The van der Waals surface area contributed by atoms with Crippen molar-refractivity contribution in [3.63, 3.8) is 0 Å². The number of ether oxygens (including phenoxy) is 2. The Morgan fingerprint density at radius 2 is 1.86 bits per heavy atom. The minimum Gasteiger partial charge on any atom is -0.493 e. The smallest absolute Gasteiger partial charge is 0.291 e. The van der Waals surface area contributed by atoms with Crippen molar-refractivity contribution in [1.29, 1.82) is 0 Å². The van der Waals surface area contributed by atoms with Crippen molar-refractivity contribution < 1.29 is 13.9 Å². The van der Waals surface area contributed by atoms with Crippen molar-refractivity contribution in [1.82, 2.24) is 14.7 Å². The number of likely N-dealkylation sites (N-methyl/N-ethyl adjacent to an activating group) is 1. The van der Waals surface area contributed by atoms with Crippen LogP contribution < -0.4 is 20.3 Å². The lowest BCUT2D eigenvalue weighted by atomic mass is 10.1. The standard InChI is InChI=1S/C27H32ClFN4O3/c1-32(17-13-21-9-12-24(35-2)25(18-21)36-3)15-5-14-30-26-23(28)19-31-33(27(26)34)16-4-6-20-7-10-22(29)11-8-20/h4,6-12,18-19,30H,5,13-17H2,1-3H3. The molecule has 1 heterocycles. The van der Waals surface area contributed by atoms with Crippen LogP contribution in [0.4, 0.5) is 10.1 Å². The molecule has 0 fully saturated rings. The first-order valence-corrected chi connectivity index (χ1v) is 12.1. The molecule has 0 aliphatic carbocycles. The van der Waals surface area contributed by atoms with E-state index in [0.29, 0.717) is 17.3 Å². The van der Waals surface area contributed by atoms with Crippen LogP contribution in [0.5, 0.6) is 11.5 Å². The molecule has 0 atom stereocenters. The average Bonchev–Trinajstić information content (AvgIpc) is 2.89. The quantitative estimate of drug-likeness (QED) is 0.332. The third-order valence-corrected chi connectivity index (χ3v) is 5.99. The summed E-state index contributed by atoms with van der Waals surface area (Å²) >= 11 is 6.23. The number of nitrogens with zero attached hydrogens (tertiary/aromatic N) is 3. The largest absolute Gasteiger partial charge is 0.493 e. The number of hydrogen-bond donors (Lipinski definition) is 1. The van der Waals surface area contributed by atoms with Gasteiger partial charge in [0.15, 0.2) is 11.5 Å². The van der Waals surface area contributed by atoms with Gasteiger partial charge in [0.25, 0.3) is 5.56 Å². The zero-order valence-corrected chi connectivity index (χ0v) is 21.6. The van der Waals surface area contributed by atoms with Crippen LogP contribution in [0.15, 0.2) is 59.5 Å². The Labute approximate surface area is 216 Å². The molecule has 0 aliphatic rings. The summed E-state index contributed by atoms with van der Waals surface area (Å²) in [4.78, 5) is 15.0. The summed E-state index contributed by atoms with van der Waals surface area (Å²) < 4.78 is 25.0. The molecular weight excluding hydrogens is 483 g/mol. The van der Waals surface area contributed by atoms with Gasteiger partial charge in [-0.2, -0.15) is 5.10 Å². The number of methoxy groups -OCH3 is 2. The van der Waals surface area contributed by atoms with Gasteiger partial charge in [-0.25, -0.2) is 9.07 Å². The molecule has 7 nitrogen and oxygen atoms in total. The molecule has 0 aliphatic heterocycles. The molecule has 1 N–H and O–H groups in total. The molecule has 3 aromatic rings. The van der Waals surface area contributed by atoms with Crippen LogP contribution >= 0.6 is 11.6 Å². The fourth-order valence-electron chi connectivity index (χ4n) is 3.65. The Morgan fingerprint density at radius 3 is 2.58 bits per heavy atom. The minimum absolute atomic E-state index is 0.279. The van der Waals surface area contributed by atoms with Gasteiger partial charge >= 0.3 is 0 Å². The molecular formula is C27H32ClFN4O3. The van der Waals surface area contributed by atoms with Crippen LogP contribution in [0.1, 0.15) is 17.5 Å². The van der Waals surface area contributed by atoms with Gasteiger partial charge in [0.05, 0.1) is 32.0 Å².